The Morgan fingerprint density at radius 2 is 2.24 bits per heavy atom. The lowest BCUT2D eigenvalue weighted by atomic mass is 10.3. The van der Waals surface area contributed by atoms with Gasteiger partial charge in [-0.25, -0.2) is 17.8 Å². The second-order valence-corrected chi connectivity index (χ2v) is 7.63. The van der Waals surface area contributed by atoms with E-state index in [1.165, 1.54) is 0 Å². The largest absolute Gasteiger partial charge is 0.244 e. The number of sulfonamides is 1. The van der Waals surface area contributed by atoms with Crippen molar-refractivity contribution in [3.63, 3.8) is 0 Å². The molecule has 1 aromatic heterocycles. The molecule has 0 aromatic carbocycles. The Balaban J connectivity index is 1.69. The Labute approximate surface area is 108 Å². The zero-order valence-corrected chi connectivity index (χ0v) is 11.5. The minimum atomic E-state index is -3.10. The van der Waals surface area contributed by atoms with Gasteiger partial charge in [-0.15, -0.1) is 5.10 Å². The molecule has 94 valence electrons. The van der Waals surface area contributed by atoms with Crippen LogP contribution in [0.2, 0.25) is 0 Å². The molecule has 1 aromatic rings. The van der Waals surface area contributed by atoms with Crippen LogP contribution in [0.1, 0.15) is 25.7 Å². The van der Waals surface area contributed by atoms with Crippen molar-refractivity contribution < 1.29 is 8.42 Å². The molecule has 8 heteroatoms. The summed E-state index contributed by atoms with van der Waals surface area (Å²) in [5.41, 5.74) is -0.193. The summed E-state index contributed by atoms with van der Waals surface area (Å²) in [4.78, 5) is 0. The van der Waals surface area contributed by atoms with E-state index < -0.39 is 10.0 Å². The molecular formula is C9H13BrN4O2S. The van der Waals surface area contributed by atoms with Gasteiger partial charge in [0.15, 0.2) is 0 Å². The summed E-state index contributed by atoms with van der Waals surface area (Å²) in [6.45, 7) is 0.418. The Morgan fingerprint density at radius 3 is 2.71 bits per heavy atom. The molecule has 0 radical (unpaired) electrons. The van der Waals surface area contributed by atoms with Crippen LogP contribution in [-0.4, -0.2) is 35.2 Å². The minimum Gasteiger partial charge on any atom is -0.244 e. The van der Waals surface area contributed by atoms with Crippen LogP contribution in [0.25, 0.3) is 0 Å². The summed E-state index contributed by atoms with van der Waals surface area (Å²) in [7, 11) is -3.10. The Kier molecular flexibility index (Phi) is 2.57. The number of aromatic nitrogens is 3. The fraction of sp³-hybridized carbons (Fsp3) is 0.778. The van der Waals surface area contributed by atoms with Crippen molar-refractivity contribution in [2.75, 3.05) is 6.54 Å². The highest BCUT2D eigenvalue weighted by atomic mass is 79.9. The van der Waals surface area contributed by atoms with Crippen molar-refractivity contribution >= 4 is 26.0 Å². The fourth-order valence-corrected chi connectivity index (χ4v) is 3.56. The molecule has 6 nitrogen and oxygen atoms in total. The number of nitrogens with one attached hydrogen (secondary N) is 1. The van der Waals surface area contributed by atoms with E-state index in [1.807, 2.05) is 0 Å². The van der Waals surface area contributed by atoms with E-state index >= 15 is 0 Å². The topological polar surface area (TPSA) is 76.9 Å². The molecule has 2 saturated carbocycles. The fourth-order valence-electron chi connectivity index (χ4n) is 1.84. The van der Waals surface area contributed by atoms with Gasteiger partial charge in [0.05, 0.1) is 17.0 Å². The maximum absolute atomic E-state index is 11.7. The summed E-state index contributed by atoms with van der Waals surface area (Å²) in [6, 6.07) is 0. The zero-order chi connectivity index (χ0) is 12.1. The average molecular weight is 321 g/mol. The van der Waals surface area contributed by atoms with Gasteiger partial charge in [-0.2, -0.15) is 0 Å². The first-order valence-electron chi connectivity index (χ1n) is 5.59. The average Bonchev–Trinajstić information content (AvgIpc) is 3.17. The lowest BCUT2D eigenvalue weighted by Crippen LogP contribution is -2.37. The van der Waals surface area contributed by atoms with Crippen molar-refractivity contribution in [2.24, 2.45) is 0 Å². The van der Waals surface area contributed by atoms with Crippen LogP contribution in [0, 0.1) is 0 Å². The third kappa shape index (κ3) is 2.25. The number of halogens is 1. The van der Waals surface area contributed by atoms with E-state index in [9.17, 15) is 8.42 Å². The number of hydrogen-bond donors (Lipinski definition) is 1. The summed E-state index contributed by atoms with van der Waals surface area (Å²) < 4.78 is 28.6. The molecule has 0 atom stereocenters. The Hall–Kier alpha value is -0.470. The van der Waals surface area contributed by atoms with Gasteiger partial charge in [-0.05, 0) is 41.6 Å². The quantitative estimate of drug-likeness (QED) is 0.862. The summed E-state index contributed by atoms with van der Waals surface area (Å²) in [6.07, 6.45) is 5.25. The van der Waals surface area contributed by atoms with E-state index in [4.69, 9.17) is 0 Å². The number of hydrogen-bond acceptors (Lipinski definition) is 4. The first kappa shape index (κ1) is 11.6. The molecule has 2 fully saturated rings. The van der Waals surface area contributed by atoms with E-state index in [0.29, 0.717) is 11.1 Å². The smallest absolute Gasteiger partial charge is 0.214 e. The van der Waals surface area contributed by atoms with Crippen LogP contribution >= 0.6 is 15.9 Å². The zero-order valence-electron chi connectivity index (χ0n) is 9.13. The predicted molar refractivity (Wildman–Crippen MR) is 64.9 cm³/mol. The monoisotopic (exact) mass is 320 g/mol. The second-order valence-electron chi connectivity index (χ2n) is 4.78. The molecule has 0 spiro atoms. The normalized spacial score (nSPS) is 22.6. The van der Waals surface area contributed by atoms with Crippen molar-refractivity contribution in [2.45, 2.75) is 36.5 Å². The van der Waals surface area contributed by atoms with Crippen molar-refractivity contribution in [1.29, 1.82) is 0 Å². The molecule has 0 bridgehead atoms. The van der Waals surface area contributed by atoms with Gasteiger partial charge in [-0.1, -0.05) is 5.21 Å². The molecule has 3 rings (SSSR count). The Morgan fingerprint density at radius 1 is 1.53 bits per heavy atom. The van der Waals surface area contributed by atoms with Gasteiger partial charge >= 0.3 is 0 Å². The third-order valence-corrected chi connectivity index (χ3v) is 5.60. The summed E-state index contributed by atoms with van der Waals surface area (Å²) in [5.74, 6) is 0. The first-order chi connectivity index (χ1) is 8.02. The molecular weight excluding hydrogens is 308 g/mol. The number of nitrogens with zero attached hydrogens (tertiary/aromatic N) is 3. The molecule has 0 saturated heterocycles. The van der Waals surface area contributed by atoms with E-state index in [2.05, 4.69) is 31.0 Å². The van der Waals surface area contributed by atoms with Gasteiger partial charge < -0.3 is 0 Å². The summed E-state index contributed by atoms with van der Waals surface area (Å²) in [5, 5.41) is 7.70. The molecule has 0 aliphatic heterocycles. The van der Waals surface area contributed by atoms with Crippen LogP contribution in [-0.2, 0) is 15.6 Å². The van der Waals surface area contributed by atoms with Gasteiger partial charge in [0.2, 0.25) is 10.0 Å². The van der Waals surface area contributed by atoms with E-state index in [1.54, 1.807) is 10.9 Å². The van der Waals surface area contributed by atoms with Crippen LogP contribution in [0.5, 0.6) is 0 Å². The molecule has 2 aliphatic carbocycles. The van der Waals surface area contributed by atoms with Gasteiger partial charge in [0.25, 0.3) is 0 Å². The highest BCUT2D eigenvalue weighted by Gasteiger charge is 2.47. The molecule has 2 aliphatic rings. The van der Waals surface area contributed by atoms with Crippen molar-refractivity contribution in [3.05, 3.63) is 10.8 Å². The van der Waals surface area contributed by atoms with Crippen LogP contribution in [0.3, 0.4) is 0 Å². The first-order valence-corrected chi connectivity index (χ1v) is 7.93. The minimum absolute atomic E-state index is 0.166. The van der Waals surface area contributed by atoms with Crippen molar-refractivity contribution in [1.82, 2.24) is 19.7 Å². The molecule has 17 heavy (non-hydrogen) atoms. The molecule has 1 heterocycles. The molecule has 1 N–H and O–H groups in total. The van der Waals surface area contributed by atoms with Crippen LogP contribution in [0.4, 0.5) is 0 Å². The lowest BCUT2D eigenvalue weighted by Gasteiger charge is -2.15. The van der Waals surface area contributed by atoms with Gasteiger partial charge in [0.1, 0.15) is 4.60 Å². The third-order valence-electron chi connectivity index (χ3n) is 3.34. The second kappa shape index (κ2) is 3.76. The van der Waals surface area contributed by atoms with Gasteiger partial charge in [0, 0.05) is 6.54 Å². The predicted octanol–water partition coefficient (Wildman–Crippen LogP) is 0.611. The van der Waals surface area contributed by atoms with Gasteiger partial charge in [-0.3, -0.25) is 0 Å². The van der Waals surface area contributed by atoms with E-state index in [0.717, 1.165) is 25.7 Å². The lowest BCUT2D eigenvalue weighted by molar-refractivity contribution is 0.414. The van der Waals surface area contributed by atoms with Crippen molar-refractivity contribution in [3.8, 4) is 0 Å². The summed E-state index contributed by atoms with van der Waals surface area (Å²) >= 11 is 3.24. The van der Waals surface area contributed by atoms with Crippen LogP contribution in [0.15, 0.2) is 10.8 Å². The van der Waals surface area contributed by atoms with Crippen LogP contribution < -0.4 is 4.72 Å². The highest BCUT2D eigenvalue weighted by molar-refractivity contribution is 9.10. The van der Waals surface area contributed by atoms with E-state index in [-0.39, 0.29) is 10.8 Å². The molecule has 0 unspecified atom stereocenters. The number of rotatable bonds is 5. The maximum atomic E-state index is 11.7. The molecule has 0 amide bonds. The maximum Gasteiger partial charge on any atom is 0.214 e. The SMILES string of the molecule is O=S(=O)(NCC1(n2cc(Br)nn2)CC1)C1CC1. The standard InChI is InChI=1S/C9H13BrN4O2S/c10-8-5-14(13-12-8)9(3-4-9)6-11-17(15,16)7-1-2-7/h5,7,11H,1-4,6H2. The highest BCUT2D eigenvalue weighted by Crippen LogP contribution is 2.43. The Bertz CT molecular complexity index is 533.